The number of ether oxygens (including phenoxy) is 1. The molecule has 0 saturated carbocycles. The van der Waals surface area contributed by atoms with Crippen LogP contribution in [0, 0.1) is 11.8 Å². The molecular weight excluding hydrogens is 256 g/mol. The molecule has 0 aromatic rings. The molecule has 1 rings (SSSR count). The highest BCUT2D eigenvalue weighted by molar-refractivity contribution is 6.70. The van der Waals surface area contributed by atoms with Crippen LogP contribution in [0.15, 0.2) is 24.5 Å². The molecule has 0 radical (unpaired) electrons. The van der Waals surface area contributed by atoms with E-state index in [0.717, 1.165) is 18.6 Å². The van der Waals surface area contributed by atoms with Gasteiger partial charge in [-0.25, -0.2) is 0 Å². The summed E-state index contributed by atoms with van der Waals surface area (Å²) in [5, 5.41) is 0. The van der Waals surface area contributed by atoms with Crippen molar-refractivity contribution in [2.45, 2.75) is 45.8 Å². The van der Waals surface area contributed by atoms with Crippen LogP contribution in [0.5, 0.6) is 0 Å². The summed E-state index contributed by atoms with van der Waals surface area (Å²) in [5.41, 5.74) is 0. The van der Waals surface area contributed by atoms with Crippen molar-refractivity contribution in [3.63, 3.8) is 0 Å². The fraction of sp³-hybridized carbons (Fsp3) is 0.667. The van der Waals surface area contributed by atoms with Crippen LogP contribution < -0.4 is 0 Å². The minimum Gasteiger partial charge on any atom is -0.548 e. The van der Waals surface area contributed by atoms with Crippen LogP contribution in [0.4, 0.5) is 0 Å². The molecule has 0 amide bonds. The molecule has 3 nitrogen and oxygen atoms in total. The lowest BCUT2D eigenvalue weighted by molar-refractivity contribution is -0.149. The third kappa shape index (κ3) is 5.23. The Bertz CT molecular complexity index is 355. The lowest BCUT2D eigenvalue weighted by atomic mass is 9.89. The fourth-order valence-electron chi connectivity index (χ4n) is 2.38. The maximum absolute atomic E-state index is 12.0. The second-order valence-electron chi connectivity index (χ2n) is 5.93. The fourth-order valence-corrected chi connectivity index (χ4v) is 3.34. The van der Waals surface area contributed by atoms with E-state index in [9.17, 15) is 4.79 Å². The van der Waals surface area contributed by atoms with Gasteiger partial charge < -0.3 is 9.16 Å². The molecule has 1 aliphatic carbocycles. The molecule has 0 heterocycles. The maximum Gasteiger partial charge on any atom is 0.309 e. The Kier molecular flexibility index (Phi) is 5.85. The van der Waals surface area contributed by atoms with E-state index in [-0.39, 0.29) is 17.8 Å². The Morgan fingerprint density at radius 1 is 1.58 bits per heavy atom. The van der Waals surface area contributed by atoms with E-state index in [1.54, 1.807) is 6.08 Å². The number of carbonyl (C=O) groups excluding carboxylic acids is 1. The molecule has 1 aliphatic rings. The van der Waals surface area contributed by atoms with Crippen molar-refractivity contribution in [1.82, 2.24) is 0 Å². The van der Waals surface area contributed by atoms with Crippen LogP contribution in [-0.4, -0.2) is 20.9 Å². The number of rotatable bonds is 7. The normalized spacial score (nSPS) is 20.6. The van der Waals surface area contributed by atoms with Crippen LogP contribution in [0.25, 0.3) is 0 Å². The average molecular weight is 282 g/mol. The van der Waals surface area contributed by atoms with Gasteiger partial charge in [0, 0.05) is 6.42 Å². The number of hydrogen-bond donors (Lipinski definition) is 0. The first-order valence-electron chi connectivity index (χ1n) is 7.04. The molecule has 0 spiro atoms. The number of hydrogen-bond acceptors (Lipinski definition) is 3. The van der Waals surface area contributed by atoms with Crippen LogP contribution in [0.3, 0.4) is 0 Å². The Morgan fingerprint density at radius 3 is 2.79 bits per heavy atom. The highest BCUT2D eigenvalue weighted by Gasteiger charge is 2.32. The molecule has 0 fully saturated rings. The maximum atomic E-state index is 12.0. The van der Waals surface area contributed by atoms with Crippen molar-refractivity contribution < 1.29 is 14.0 Å². The smallest absolute Gasteiger partial charge is 0.309 e. The molecule has 0 aliphatic heterocycles. The van der Waals surface area contributed by atoms with Gasteiger partial charge in [-0.15, -0.1) is 6.58 Å². The van der Waals surface area contributed by atoms with Gasteiger partial charge >= 0.3 is 5.97 Å². The van der Waals surface area contributed by atoms with Gasteiger partial charge in [0.05, 0.1) is 18.3 Å². The number of carbonyl (C=O) groups is 1. The summed E-state index contributed by atoms with van der Waals surface area (Å²) in [6, 6.07) is 0. The van der Waals surface area contributed by atoms with E-state index in [0.29, 0.717) is 13.0 Å². The minimum atomic E-state index is -1.55. The van der Waals surface area contributed by atoms with Gasteiger partial charge in [-0.1, -0.05) is 6.08 Å². The van der Waals surface area contributed by atoms with Crippen molar-refractivity contribution in [2.75, 3.05) is 6.61 Å². The molecular formula is C15H26O3Si. The second-order valence-corrected chi connectivity index (χ2v) is 10.4. The Balaban J connectivity index is 2.71. The van der Waals surface area contributed by atoms with Gasteiger partial charge in [-0.05, 0) is 51.4 Å². The first-order valence-corrected chi connectivity index (χ1v) is 10.5. The monoisotopic (exact) mass is 282 g/mol. The lowest BCUT2D eigenvalue weighted by Gasteiger charge is -2.20. The van der Waals surface area contributed by atoms with Gasteiger partial charge in [-0.2, -0.15) is 0 Å². The lowest BCUT2D eigenvalue weighted by Crippen LogP contribution is -2.24. The Labute approximate surface area is 117 Å². The van der Waals surface area contributed by atoms with E-state index in [1.165, 1.54) is 0 Å². The Morgan fingerprint density at radius 2 is 2.26 bits per heavy atom. The SMILES string of the molecule is C=CCC(C(=O)OCC)C1C=C(O[Si](C)(C)C)CC1. The second kappa shape index (κ2) is 6.94. The van der Waals surface area contributed by atoms with Crippen molar-refractivity contribution >= 4 is 14.3 Å². The van der Waals surface area contributed by atoms with Crippen molar-refractivity contribution in [1.29, 1.82) is 0 Å². The molecule has 108 valence electrons. The molecule has 0 aromatic heterocycles. The average Bonchev–Trinajstić information content (AvgIpc) is 2.71. The molecule has 4 heteroatoms. The number of allylic oxidation sites excluding steroid dienone is 3. The van der Waals surface area contributed by atoms with E-state index in [1.807, 2.05) is 6.92 Å². The first-order chi connectivity index (χ1) is 8.87. The summed E-state index contributed by atoms with van der Waals surface area (Å²) >= 11 is 0. The van der Waals surface area contributed by atoms with Crippen molar-refractivity contribution in [3.8, 4) is 0 Å². The summed E-state index contributed by atoms with van der Waals surface area (Å²) in [7, 11) is -1.55. The zero-order chi connectivity index (χ0) is 14.5. The molecule has 2 unspecified atom stereocenters. The Hall–Kier alpha value is -1.03. The van der Waals surface area contributed by atoms with E-state index < -0.39 is 8.32 Å². The van der Waals surface area contributed by atoms with Crippen LogP contribution in [0.1, 0.15) is 26.2 Å². The van der Waals surface area contributed by atoms with Gasteiger partial charge in [0.15, 0.2) is 0 Å². The molecule has 2 atom stereocenters. The molecule has 0 N–H and O–H groups in total. The van der Waals surface area contributed by atoms with Crippen LogP contribution in [-0.2, 0) is 14.0 Å². The summed E-state index contributed by atoms with van der Waals surface area (Å²) in [6.45, 7) is 12.5. The molecule has 0 bridgehead atoms. The summed E-state index contributed by atoms with van der Waals surface area (Å²) < 4.78 is 11.2. The molecule has 19 heavy (non-hydrogen) atoms. The third-order valence-electron chi connectivity index (χ3n) is 3.09. The zero-order valence-electron chi connectivity index (χ0n) is 12.6. The standard InChI is InChI=1S/C15H26O3Si/c1-6-8-14(15(16)17-7-2)12-9-10-13(11-12)18-19(3,4)5/h6,11-12,14H,1,7-10H2,2-5H3. The van der Waals surface area contributed by atoms with Crippen LogP contribution >= 0.6 is 0 Å². The predicted octanol–water partition coefficient (Wildman–Crippen LogP) is 3.89. The predicted molar refractivity (Wildman–Crippen MR) is 80.2 cm³/mol. The van der Waals surface area contributed by atoms with Gasteiger partial charge in [0.1, 0.15) is 0 Å². The van der Waals surface area contributed by atoms with Gasteiger partial charge in [0.2, 0.25) is 8.32 Å². The highest BCUT2D eigenvalue weighted by Crippen LogP contribution is 2.34. The van der Waals surface area contributed by atoms with Crippen molar-refractivity contribution in [3.05, 3.63) is 24.5 Å². The van der Waals surface area contributed by atoms with E-state index in [4.69, 9.17) is 9.16 Å². The summed E-state index contributed by atoms with van der Waals surface area (Å²) in [6.07, 6.45) is 6.50. The first kappa shape index (κ1) is 16.0. The van der Waals surface area contributed by atoms with E-state index >= 15 is 0 Å². The van der Waals surface area contributed by atoms with Gasteiger partial charge in [0.25, 0.3) is 0 Å². The third-order valence-corrected chi connectivity index (χ3v) is 3.96. The highest BCUT2D eigenvalue weighted by atomic mass is 28.4. The largest absolute Gasteiger partial charge is 0.548 e. The molecule has 0 aromatic carbocycles. The van der Waals surface area contributed by atoms with Gasteiger partial charge in [-0.3, -0.25) is 4.79 Å². The quantitative estimate of drug-likeness (QED) is 0.404. The topological polar surface area (TPSA) is 35.5 Å². The van der Waals surface area contributed by atoms with E-state index in [2.05, 4.69) is 32.3 Å². The van der Waals surface area contributed by atoms with Crippen LogP contribution in [0.2, 0.25) is 19.6 Å². The summed E-state index contributed by atoms with van der Waals surface area (Å²) in [4.78, 5) is 12.0. The summed E-state index contributed by atoms with van der Waals surface area (Å²) in [5.74, 6) is 1.06. The van der Waals surface area contributed by atoms with Crippen molar-refractivity contribution in [2.24, 2.45) is 11.8 Å². The zero-order valence-corrected chi connectivity index (χ0v) is 13.6. The molecule has 0 saturated heterocycles. The minimum absolute atomic E-state index is 0.111. The number of esters is 1.